The summed E-state index contributed by atoms with van der Waals surface area (Å²) in [4.78, 5) is 15.9. The first-order chi connectivity index (χ1) is 12.4. The zero-order valence-corrected chi connectivity index (χ0v) is 13.5. The monoisotopic (exact) mass is 357 g/mol. The molecule has 0 aliphatic carbocycles. The third-order valence-electron chi connectivity index (χ3n) is 3.98. The molecular formula is C20H14F3NO2. The molecule has 0 unspecified atom stereocenters. The number of hydrogen-bond donors (Lipinski definition) is 1. The Balaban J connectivity index is 2.10. The summed E-state index contributed by atoms with van der Waals surface area (Å²) in [5.41, 5.74) is 1.51. The molecule has 3 rings (SSSR count). The molecule has 26 heavy (non-hydrogen) atoms. The van der Waals surface area contributed by atoms with Gasteiger partial charge in [-0.25, -0.2) is 4.79 Å². The second kappa shape index (κ2) is 7.00. The largest absolute Gasteiger partial charge is 0.478 e. The topological polar surface area (TPSA) is 50.2 Å². The summed E-state index contributed by atoms with van der Waals surface area (Å²) in [5.74, 6) is -1.14. The predicted molar refractivity (Wildman–Crippen MR) is 90.9 cm³/mol. The molecule has 6 heteroatoms. The third kappa shape index (κ3) is 3.74. The number of benzene rings is 2. The summed E-state index contributed by atoms with van der Waals surface area (Å²) in [6, 6.07) is 14.7. The number of carbonyl (C=O) groups is 1. The van der Waals surface area contributed by atoms with Gasteiger partial charge in [-0.1, -0.05) is 30.3 Å². The fourth-order valence-electron chi connectivity index (χ4n) is 2.79. The molecule has 0 bridgehead atoms. The van der Waals surface area contributed by atoms with E-state index in [0.717, 1.165) is 17.8 Å². The van der Waals surface area contributed by atoms with Gasteiger partial charge in [0.2, 0.25) is 0 Å². The minimum atomic E-state index is -4.44. The van der Waals surface area contributed by atoms with Gasteiger partial charge in [0.1, 0.15) is 0 Å². The van der Waals surface area contributed by atoms with Gasteiger partial charge in [0.05, 0.1) is 11.1 Å². The van der Waals surface area contributed by atoms with Crippen LogP contribution in [-0.4, -0.2) is 16.1 Å². The normalized spacial score (nSPS) is 11.3. The second-order valence-electron chi connectivity index (χ2n) is 5.72. The maximum atomic E-state index is 12.8. The van der Waals surface area contributed by atoms with Crippen LogP contribution in [0, 0.1) is 0 Å². The fraction of sp³-hybridized carbons (Fsp3) is 0.100. The van der Waals surface area contributed by atoms with Gasteiger partial charge >= 0.3 is 12.1 Å². The van der Waals surface area contributed by atoms with Crippen molar-refractivity contribution in [2.75, 3.05) is 0 Å². The maximum absolute atomic E-state index is 12.8. The number of carboxylic acids is 1. The minimum absolute atomic E-state index is 0.0400. The Morgan fingerprint density at radius 1 is 0.962 bits per heavy atom. The van der Waals surface area contributed by atoms with E-state index in [-0.39, 0.29) is 5.56 Å². The summed E-state index contributed by atoms with van der Waals surface area (Å²) < 4.78 is 38.4. The molecule has 132 valence electrons. The molecule has 0 saturated carbocycles. The Morgan fingerprint density at radius 2 is 1.69 bits per heavy atom. The number of carboxylic acid groups (broad SMARTS) is 1. The number of halogens is 3. The van der Waals surface area contributed by atoms with Crippen molar-refractivity contribution >= 4 is 5.97 Å². The van der Waals surface area contributed by atoms with Crippen LogP contribution in [0.4, 0.5) is 13.2 Å². The van der Waals surface area contributed by atoms with Crippen molar-refractivity contribution in [3.05, 3.63) is 89.2 Å². The van der Waals surface area contributed by atoms with E-state index in [1.165, 1.54) is 18.2 Å². The van der Waals surface area contributed by atoms with Crippen molar-refractivity contribution < 1.29 is 23.1 Å². The van der Waals surface area contributed by atoms with Crippen LogP contribution in [0.5, 0.6) is 0 Å². The van der Waals surface area contributed by atoms with Crippen LogP contribution in [0.2, 0.25) is 0 Å². The summed E-state index contributed by atoms with van der Waals surface area (Å²) in [5, 5.41) is 9.51. The van der Waals surface area contributed by atoms with E-state index in [2.05, 4.69) is 4.98 Å². The number of nitrogens with zero attached hydrogens (tertiary/aromatic N) is 1. The third-order valence-corrected chi connectivity index (χ3v) is 3.98. The number of hydrogen-bond acceptors (Lipinski definition) is 2. The van der Waals surface area contributed by atoms with Crippen LogP contribution in [0.15, 0.2) is 66.9 Å². The molecular weight excluding hydrogens is 343 g/mol. The predicted octanol–water partition coefficient (Wildman–Crippen LogP) is 5.06. The van der Waals surface area contributed by atoms with Gasteiger partial charge in [-0.15, -0.1) is 0 Å². The van der Waals surface area contributed by atoms with Crippen LogP contribution >= 0.6 is 0 Å². The standard InChI is InChI=1S/C20H14F3NO2/c21-20(22,23)15-9-7-13(8-10-15)18-14(4-3-6-17(18)19(25)26)12-16-5-1-2-11-24-16/h1-11H,12H2,(H,25,26). The molecule has 0 atom stereocenters. The van der Waals surface area contributed by atoms with Crippen molar-refractivity contribution in [2.45, 2.75) is 12.6 Å². The number of aromatic nitrogens is 1. The second-order valence-corrected chi connectivity index (χ2v) is 5.72. The first-order valence-electron chi connectivity index (χ1n) is 7.79. The van der Waals surface area contributed by atoms with Crippen molar-refractivity contribution in [1.29, 1.82) is 0 Å². The zero-order chi connectivity index (χ0) is 18.7. The molecule has 0 aliphatic heterocycles. The SMILES string of the molecule is O=C(O)c1cccc(Cc2ccccn2)c1-c1ccc(C(F)(F)F)cc1. The molecule has 0 aliphatic rings. The highest BCUT2D eigenvalue weighted by Gasteiger charge is 2.30. The van der Waals surface area contributed by atoms with Crippen molar-refractivity contribution in [2.24, 2.45) is 0 Å². The van der Waals surface area contributed by atoms with E-state index >= 15 is 0 Å². The van der Waals surface area contributed by atoms with Gasteiger partial charge in [0.25, 0.3) is 0 Å². The molecule has 3 aromatic rings. The van der Waals surface area contributed by atoms with Gasteiger partial charge in [0, 0.05) is 18.3 Å². The van der Waals surface area contributed by atoms with Crippen LogP contribution in [-0.2, 0) is 12.6 Å². The molecule has 0 fully saturated rings. The Morgan fingerprint density at radius 3 is 2.27 bits per heavy atom. The van der Waals surface area contributed by atoms with E-state index in [4.69, 9.17) is 0 Å². The molecule has 0 spiro atoms. The van der Waals surface area contributed by atoms with Gasteiger partial charge in [-0.05, 0) is 47.0 Å². The lowest BCUT2D eigenvalue weighted by molar-refractivity contribution is -0.137. The Bertz CT molecular complexity index is 920. The average Bonchev–Trinajstić information content (AvgIpc) is 2.62. The fourth-order valence-corrected chi connectivity index (χ4v) is 2.79. The molecule has 3 nitrogen and oxygen atoms in total. The molecule has 0 radical (unpaired) electrons. The van der Waals surface area contributed by atoms with Crippen molar-refractivity contribution in [3.63, 3.8) is 0 Å². The maximum Gasteiger partial charge on any atom is 0.416 e. The zero-order valence-electron chi connectivity index (χ0n) is 13.5. The summed E-state index contributed by atoms with van der Waals surface area (Å²) in [6.07, 6.45) is -2.44. The summed E-state index contributed by atoms with van der Waals surface area (Å²) in [7, 11) is 0. The number of pyridine rings is 1. The number of alkyl halides is 3. The van der Waals surface area contributed by atoms with E-state index < -0.39 is 17.7 Å². The molecule has 1 heterocycles. The quantitative estimate of drug-likeness (QED) is 0.710. The minimum Gasteiger partial charge on any atom is -0.478 e. The highest BCUT2D eigenvalue weighted by atomic mass is 19.4. The van der Waals surface area contributed by atoms with Crippen LogP contribution in [0.25, 0.3) is 11.1 Å². The Kier molecular flexibility index (Phi) is 4.75. The number of rotatable bonds is 4. The van der Waals surface area contributed by atoms with Gasteiger partial charge < -0.3 is 5.11 Å². The number of aromatic carboxylic acids is 1. The molecule has 0 saturated heterocycles. The van der Waals surface area contributed by atoms with E-state index in [1.807, 2.05) is 12.1 Å². The van der Waals surface area contributed by atoms with Gasteiger partial charge in [-0.2, -0.15) is 13.2 Å². The van der Waals surface area contributed by atoms with Crippen LogP contribution < -0.4 is 0 Å². The average molecular weight is 357 g/mol. The molecule has 2 aromatic carbocycles. The molecule has 0 amide bonds. The lowest BCUT2D eigenvalue weighted by Crippen LogP contribution is -2.06. The summed E-state index contributed by atoms with van der Waals surface area (Å²) in [6.45, 7) is 0. The first kappa shape index (κ1) is 17.7. The Labute approximate surface area is 147 Å². The highest BCUT2D eigenvalue weighted by molar-refractivity contribution is 5.97. The van der Waals surface area contributed by atoms with Crippen molar-refractivity contribution in [3.8, 4) is 11.1 Å². The van der Waals surface area contributed by atoms with Gasteiger partial charge in [0.15, 0.2) is 0 Å². The van der Waals surface area contributed by atoms with Gasteiger partial charge in [-0.3, -0.25) is 4.98 Å². The van der Waals surface area contributed by atoms with E-state index in [0.29, 0.717) is 23.1 Å². The van der Waals surface area contributed by atoms with E-state index in [1.54, 1.807) is 24.4 Å². The Hall–Kier alpha value is -3.15. The molecule has 1 aromatic heterocycles. The van der Waals surface area contributed by atoms with Crippen LogP contribution in [0.3, 0.4) is 0 Å². The molecule has 1 N–H and O–H groups in total. The first-order valence-corrected chi connectivity index (χ1v) is 7.79. The lowest BCUT2D eigenvalue weighted by Gasteiger charge is -2.14. The summed E-state index contributed by atoms with van der Waals surface area (Å²) >= 11 is 0. The highest BCUT2D eigenvalue weighted by Crippen LogP contribution is 2.34. The lowest BCUT2D eigenvalue weighted by atomic mass is 9.91. The van der Waals surface area contributed by atoms with Crippen LogP contribution in [0.1, 0.15) is 27.2 Å². The van der Waals surface area contributed by atoms with E-state index in [9.17, 15) is 23.1 Å². The van der Waals surface area contributed by atoms with Crippen molar-refractivity contribution in [1.82, 2.24) is 4.98 Å². The smallest absolute Gasteiger partial charge is 0.416 e.